The van der Waals surface area contributed by atoms with E-state index in [1.807, 2.05) is 18.2 Å². The molecule has 1 aromatic heterocycles. The van der Waals surface area contributed by atoms with Gasteiger partial charge in [0.2, 0.25) is 0 Å². The van der Waals surface area contributed by atoms with Gasteiger partial charge in [-0.3, -0.25) is 0 Å². The largest absolute Gasteiger partial charge is 0.355 e. The van der Waals surface area contributed by atoms with Crippen molar-refractivity contribution in [1.29, 1.82) is 0 Å². The predicted molar refractivity (Wildman–Crippen MR) is 99.2 cm³/mol. The normalized spacial score (nSPS) is 11.5. The van der Waals surface area contributed by atoms with Crippen molar-refractivity contribution in [2.24, 2.45) is 0 Å². The fourth-order valence-corrected chi connectivity index (χ4v) is 3.64. The number of hydrogen-bond donors (Lipinski definition) is 0. The third-order valence-corrected chi connectivity index (χ3v) is 4.72. The van der Waals surface area contributed by atoms with Crippen molar-refractivity contribution in [2.45, 2.75) is 6.92 Å². The zero-order valence-corrected chi connectivity index (χ0v) is 13.3. The number of rotatable bonds is 1. The van der Waals surface area contributed by atoms with Crippen LogP contribution in [0.25, 0.3) is 43.8 Å². The Morgan fingerprint density at radius 3 is 2.21 bits per heavy atom. The molecule has 5 rings (SSSR count). The third kappa shape index (κ3) is 1.74. The second-order valence-electron chi connectivity index (χ2n) is 6.14. The highest BCUT2D eigenvalue weighted by atomic mass is 16.5. The summed E-state index contributed by atoms with van der Waals surface area (Å²) in [5, 5.41) is 10.4. The van der Waals surface area contributed by atoms with Crippen molar-refractivity contribution in [3.05, 3.63) is 78.4 Å². The van der Waals surface area contributed by atoms with Gasteiger partial charge in [0.1, 0.15) is 5.52 Å². The van der Waals surface area contributed by atoms with Gasteiger partial charge in [0, 0.05) is 10.9 Å². The van der Waals surface area contributed by atoms with Crippen LogP contribution in [0.15, 0.2) is 77.3 Å². The molecule has 0 unspecified atom stereocenters. The minimum atomic E-state index is 0.843. The molecule has 0 saturated heterocycles. The fraction of sp³-hybridized carbons (Fsp3) is 0.0455. The van der Waals surface area contributed by atoms with Gasteiger partial charge in [-0.05, 0) is 28.6 Å². The van der Waals surface area contributed by atoms with E-state index in [9.17, 15) is 0 Å². The number of hydrogen-bond acceptors (Lipinski definition) is 2. The molecule has 0 aliphatic carbocycles. The van der Waals surface area contributed by atoms with Gasteiger partial charge < -0.3 is 4.52 Å². The van der Waals surface area contributed by atoms with Crippen LogP contribution in [0, 0.1) is 6.92 Å². The Morgan fingerprint density at radius 2 is 1.38 bits per heavy atom. The first-order valence-corrected chi connectivity index (χ1v) is 8.09. The minimum Gasteiger partial charge on any atom is -0.355 e. The summed E-state index contributed by atoms with van der Waals surface area (Å²) >= 11 is 0. The van der Waals surface area contributed by atoms with Crippen LogP contribution >= 0.6 is 0 Å². The van der Waals surface area contributed by atoms with Crippen molar-refractivity contribution in [3.63, 3.8) is 0 Å². The van der Waals surface area contributed by atoms with E-state index in [0.29, 0.717) is 0 Å². The molecule has 0 amide bonds. The van der Waals surface area contributed by atoms with Crippen LogP contribution in [0.5, 0.6) is 0 Å². The number of fused-ring (bicyclic) bond motifs is 6. The zero-order valence-electron chi connectivity index (χ0n) is 13.3. The van der Waals surface area contributed by atoms with E-state index in [1.54, 1.807) is 0 Å². The molecule has 114 valence electrons. The smallest absolute Gasteiger partial charge is 0.175 e. The van der Waals surface area contributed by atoms with Gasteiger partial charge in [-0.15, -0.1) is 0 Å². The highest BCUT2D eigenvalue weighted by molar-refractivity contribution is 6.27. The summed E-state index contributed by atoms with van der Waals surface area (Å²) < 4.78 is 5.82. The summed E-state index contributed by atoms with van der Waals surface area (Å²) in [5.74, 6) is 0.843. The maximum Gasteiger partial charge on any atom is 0.175 e. The molecule has 0 aliphatic heterocycles. The Balaban J connectivity index is 2.09. The molecule has 1 heterocycles. The third-order valence-electron chi connectivity index (χ3n) is 4.72. The van der Waals surface area contributed by atoms with E-state index >= 15 is 0 Å². The lowest BCUT2D eigenvalue weighted by atomic mass is 9.93. The Kier molecular flexibility index (Phi) is 2.74. The first-order valence-electron chi connectivity index (χ1n) is 8.09. The van der Waals surface area contributed by atoms with Crippen LogP contribution in [0.3, 0.4) is 0 Å². The van der Waals surface area contributed by atoms with E-state index in [0.717, 1.165) is 27.6 Å². The molecular weight excluding hydrogens is 294 g/mol. The first kappa shape index (κ1) is 13.3. The topological polar surface area (TPSA) is 26.0 Å². The summed E-state index contributed by atoms with van der Waals surface area (Å²) in [6, 6.07) is 25.1. The predicted octanol–water partition coefficient (Wildman–Crippen LogP) is 6.11. The molecule has 0 N–H and O–H groups in total. The second kappa shape index (κ2) is 4.93. The minimum absolute atomic E-state index is 0.843. The Labute approximate surface area is 139 Å². The SMILES string of the molecule is Cc1cccc2c3ccccc3c3noc(-c4ccccc4)c3c12. The van der Waals surface area contributed by atoms with E-state index in [2.05, 4.69) is 66.7 Å². The number of aryl methyl sites for hydroxylation is 1. The molecular formula is C22H15NO. The van der Waals surface area contributed by atoms with Gasteiger partial charge in [-0.1, -0.05) is 78.0 Å². The molecule has 5 aromatic rings. The standard InChI is InChI=1S/C22H15NO/c1-14-8-7-13-17-16-11-5-6-12-18(16)21-20(19(14)17)22(24-23-21)15-9-3-2-4-10-15/h2-13H,1H3. The lowest BCUT2D eigenvalue weighted by molar-refractivity contribution is 0.441. The van der Waals surface area contributed by atoms with Gasteiger partial charge in [-0.2, -0.15) is 0 Å². The summed E-state index contributed by atoms with van der Waals surface area (Å²) in [6.45, 7) is 2.15. The molecule has 2 nitrogen and oxygen atoms in total. The average molecular weight is 309 g/mol. The van der Waals surface area contributed by atoms with Crippen molar-refractivity contribution >= 4 is 32.4 Å². The molecule has 0 bridgehead atoms. The molecule has 0 radical (unpaired) electrons. The lowest BCUT2D eigenvalue weighted by Crippen LogP contribution is -1.85. The van der Waals surface area contributed by atoms with Gasteiger partial charge >= 0.3 is 0 Å². The van der Waals surface area contributed by atoms with Crippen LogP contribution in [0.1, 0.15) is 5.56 Å². The molecule has 0 spiro atoms. The molecule has 24 heavy (non-hydrogen) atoms. The van der Waals surface area contributed by atoms with E-state index < -0.39 is 0 Å². The summed E-state index contributed by atoms with van der Waals surface area (Å²) in [7, 11) is 0. The highest BCUT2D eigenvalue weighted by Gasteiger charge is 2.18. The lowest BCUT2D eigenvalue weighted by Gasteiger charge is -2.09. The van der Waals surface area contributed by atoms with Gasteiger partial charge in [0.05, 0.1) is 5.39 Å². The maximum atomic E-state index is 5.82. The Bertz CT molecular complexity index is 1200. The fourth-order valence-electron chi connectivity index (χ4n) is 3.64. The number of nitrogens with zero attached hydrogens (tertiary/aromatic N) is 1. The molecule has 0 atom stereocenters. The molecule has 2 heteroatoms. The first-order chi connectivity index (χ1) is 11.8. The van der Waals surface area contributed by atoms with Crippen LogP contribution in [-0.4, -0.2) is 5.16 Å². The van der Waals surface area contributed by atoms with Gasteiger partial charge in [0.15, 0.2) is 5.76 Å². The summed E-state index contributed by atoms with van der Waals surface area (Å²) in [5.41, 5.74) is 3.23. The average Bonchev–Trinajstić information content (AvgIpc) is 3.08. The number of benzene rings is 4. The van der Waals surface area contributed by atoms with Crippen molar-refractivity contribution in [2.75, 3.05) is 0 Å². The molecule has 0 fully saturated rings. The van der Waals surface area contributed by atoms with Crippen LogP contribution in [-0.2, 0) is 0 Å². The van der Waals surface area contributed by atoms with Crippen molar-refractivity contribution < 1.29 is 4.52 Å². The quantitative estimate of drug-likeness (QED) is 0.349. The molecule has 0 aliphatic rings. The molecule has 4 aromatic carbocycles. The van der Waals surface area contributed by atoms with Crippen molar-refractivity contribution in [3.8, 4) is 11.3 Å². The van der Waals surface area contributed by atoms with Gasteiger partial charge in [0.25, 0.3) is 0 Å². The van der Waals surface area contributed by atoms with E-state index in [1.165, 1.54) is 21.7 Å². The maximum absolute atomic E-state index is 5.82. The number of aromatic nitrogens is 1. The van der Waals surface area contributed by atoms with E-state index in [4.69, 9.17) is 4.52 Å². The van der Waals surface area contributed by atoms with Crippen molar-refractivity contribution in [1.82, 2.24) is 5.16 Å². The summed E-state index contributed by atoms with van der Waals surface area (Å²) in [6.07, 6.45) is 0. The van der Waals surface area contributed by atoms with E-state index in [-0.39, 0.29) is 0 Å². The monoisotopic (exact) mass is 309 g/mol. The van der Waals surface area contributed by atoms with Crippen LogP contribution < -0.4 is 0 Å². The van der Waals surface area contributed by atoms with Gasteiger partial charge in [-0.25, -0.2) is 0 Å². The zero-order chi connectivity index (χ0) is 16.1. The summed E-state index contributed by atoms with van der Waals surface area (Å²) in [4.78, 5) is 0. The highest BCUT2D eigenvalue weighted by Crippen LogP contribution is 2.40. The Hall–Kier alpha value is -3.13. The second-order valence-corrected chi connectivity index (χ2v) is 6.14. The Morgan fingerprint density at radius 1 is 0.667 bits per heavy atom. The molecule has 0 saturated carbocycles. The van der Waals surface area contributed by atoms with Crippen LogP contribution in [0.2, 0.25) is 0 Å². The van der Waals surface area contributed by atoms with Crippen LogP contribution in [0.4, 0.5) is 0 Å².